The van der Waals surface area contributed by atoms with Gasteiger partial charge in [-0.15, -0.1) is 0 Å². The van der Waals surface area contributed by atoms with E-state index >= 15 is 0 Å². The molecule has 0 spiro atoms. The number of thioether (sulfide) groups is 1. The van der Waals surface area contributed by atoms with Crippen LogP contribution in [0.2, 0.25) is 0 Å². The minimum Gasteiger partial charge on any atom is -0.464 e. The molecule has 1 N–H and O–H groups in total. The zero-order valence-corrected chi connectivity index (χ0v) is 17.4. The van der Waals surface area contributed by atoms with Crippen molar-refractivity contribution in [1.29, 1.82) is 0 Å². The Labute approximate surface area is 169 Å². The molecule has 0 unspecified atom stereocenters. The van der Waals surface area contributed by atoms with Crippen LogP contribution in [0.15, 0.2) is 45.9 Å². The molecule has 0 bridgehead atoms. The molecule has 0 atom stereocenters. The van der Waals surface area contributed by atoms with E-state index in [-0.39, 0.29) is 5.56 Å². The lowest BCUT2D eigenvalue weighted by molar-refractivity contribution is 0.344. The molecule has 148 valence electrons. The first-order valence-corrected chi connectivity index (χ1v) is 10.4. The summed E-state index contributed by atoms with van der Waals surface area (Å²) < 4.78 is 5.82. The van der Waals surface area contributed by atoms with Crippen LogP contribution in [0.5, 0.6) is 0 Å². The van der Waals surface area contributed by atoms with Crippen molar-refractivity contribution in [2.24, 2.45) is 0 Å². The number of H-pyrrole nitrogens is 1. The number of rotatable bonds is 9. The first-order valence-electron chi connectivity index (χ1n) is 9.29. The fourth-order valence-corrected chi connectivity index (χ4v) is 3.78. The van der Waals surface area contributed by atoms with Crippen LogP contribution in [0.25, 0.3) is 0 Å². The normalized spacial score (nSPS) is 11.3. The molecule has 28 heavy (non-hydrogen) atoms. The van der Waals surface area contributed by atoms with Crippen molar-refractivity contribution in [2.75, 3.05) is 19.8 Å². The average Bonchev–Trinajstić information content (AvgIpc) is 3.09. The molecule has 0 fully saturated rings. The van der Waals surface area contributed by atoms with E-state index < -0.39 is 0 Å². The van der Waals surface area contributed by atoms with E-state index in [0.717, 1.165) is 53.1 Å². The van der Waals surface area contributed by atoms with Gasteiger partial charge in [0.15, 0.2) is 0 Å². The Morgan fingerprint density at radius 1 is 1.21 bits per heavy atom. The van der Waals surface area contributed by atoms with E-state index in [9.17, 15) is 4.79 Å². The second-order valence-corrected chi connectivity index (χ2v) is 8.13. The number of aromatic amines is 1. The first kappa shape index (κ1) is 20.4. The van der Waals surface area contributed by atoms with Crippen molar-refractivity contribution < 1.29 is 4.42 Å². The quantitative estimate of drug-likeness (QED) is 0.558. The Morgan fingerprint density at radius 2 is 2.04 bits per heavy atom. The fraction of sp³-hybridized carbons (Fsp3) is 0.381. The van der Waals surface area contributed by atoms with Crippen molar-refractivity contribution in [2.45, 2.75) is 32.1 Å². The minimum atomic E-state index is -0.0595. The maximum Gasteiger partial charge on any atom is 0.254 e. The first-order chi connectivity index (χ1) is 13.5. The van der Waals surface area contributed by atoms with Crippen molar-refractivity contribution in [3.05, 3.63) is 81.2 Å². The highest BCUT2D eigenvalue weighted by Crippen LogP contribution is 2.17. The standard InChI is InChI=1S/C21H26N4O2S/c1-15-19(11-16-5-4-9-22-12-16)21(26)24-20(23-15)8-10-28-14-18-7-6-17(27-18)13-25(2)3/h4-7,9,12H,8,10-11,13-14H2,1-3H3,(H,23,24,26). The Morgan fingerprint density at radius 3 is 2.75 bits per heavy atom. The molecule has 0 amide bonds. The second-order valence-electron chi connectivity index (χ2n) is 7.02. The molecule has 3 heterocycles. The smallest absolute Gasteiger partial charge is 0.254 e. The summed E-state index contributed by atoms with van der Waals surface area (Å²) in [6.07, 6.45) is 4.78. The van der Waals surface area contributed by atoms with Crippen LogP contribution in [0.1, 0.15) is 34.2 Å². The summed E-state index contributed by atoms with van der Waals surface area (Å²) in [7, 11) is 4.05. The highest BCUT2D eigenvalue weighted by atomic mass is 32.2. The van der Waals surface area contributed by atoms with E-state index in [1.807, 2.05) is 45.3 Å². The number of hydrogen-bond donors (Lipinski definition) is 1. The molecule has 0 aliphatic rings. The Balaban J connectivity index is 1.52. The SMILES string of the molecule is Cc1nc(CCSCc2ccc(CN(C)C)o2)[nH]c(=O)c1Cc1cccnc1. The molecule has 3 aromatic rings. The zero-order chi connectivity index (χ0) is 19.9. The van der Waals surface area contributed by atoms with Crippen LogP contribution in [-0.2, 0) is 25.1 Å². The highest BCUT2D eigenvalue weighted by molar-refractivity contribution is 7.98. The van der Waals surface area contributed by atoms with Gasteiger partial charge >= 0.3 is 0 Å². The lowest BCUT2D eigenvalue weighted by atomic mass is 10.1. The van der Waals surface area contributed by atoms with Crippen LogP contribution in [-0.4, -0.2) is 39.7 Å². The van der Waals surface area contributed by atoms with Crippen molar-refractivity contribution in [1.82, 2.24) is 19.9 Å². The maximum absolute atomic E-state index is 12.5. The van der Waals surface area contributed by atoms with Crippen molar-refractivity contribution >= 4 is 11.8 Å². The Hall–Kier alpha value is -2.38. The third kappa shape index (κ3) is 5.81. The fourth-order valence-electron chi connectivity index (χ4n) is 2.94. The van der Waals surface area contributed by atoms with Gasteiger partial charge in [-0.05, 0) is 44.8 Å². The van der Waals surface area contributed by atoms with Gasteiger partial charge in [0.25, 0.3) is 5.56 Å². The average molecular weight is 399 g/mol. The number of furan rings is 1. The molecule has 0 radical (unpaired) electrons. The summed E-state index contributed by atoms with van der Waals surface area (Å²) in [6.45, 7) is 2.70. The summed E-state index contributed by atoms with van der Waals surface area (Å²) in [6, 6.07) is 7.90. The lowest BCUT2D eigenvalue weighted by Crippen LogP contribution is -2.19. The van der Waals surface area contributed by atoms with Gasteiger partial charge in [0, 0.05) is 42.2 Å². The Kier molecular flexibility index (Phi) is 7.06. The third-order valence-corrected chi connectivity index (χ3v) is 5.27. The number of nitrogens with one attached hydrogen (secondary N) is 1. The predicted molar refractivity (Wildman–Crippen MR) is 113 cm³/mol. The summed E-state index contributed by atoms with van der Waals surface area (Å²) >= 11 is 1.77. The van der Waals surface area contributed by atoms with Crippen LogP contribution < -0.4 is 5.56 Å². The van der Waals surface area contributed by atoms with Gasteiger partial charge in [-0.3, -0.25) is 9.78 Å². The van der Waals surface area contributed by atoms with Crippen molar-refractivity contribution in [3.8, 4) is 0 Å². The molecule has 0 saturated heterocycles. The number of aryl methyl sites for hydroxylation is 2. The molecule has 0 saturated carbocycles. The highest BCUT2D eigenvalue weighted by Gasteiger charge is 2.10. The van der Waals surface area contributed by atoms with Crippen LogP contribution >= 0.6 is 11.8 Å². The van der Waals surface area contributed by atoms with Crippen LogP contribution in [0.3, 0.4) is 0 Å². The summed E-state index contributed by atoms with van der Waals surface area (Å²) in [4.78, 5) is 26.2. The molecular formula is C21H26N4O2S. The minimum absolute atomic E-state index is 0.0595. The zero-order valence-electron chi connectivity index (χ0n) is 16.6. The molecule has 0 aliphatic heterocycles. The summed E-state index contributed by atoms with van der Waals surface area (Å²) in [5, 5.41) is 0. The van der Waals surface area contributed by atoms with E-state index in [1.165, 1.54) is 0 Å². The molecule has 7 heteroatoms. The van der Waals surface area contributed by atoms with Gasteiger partial charge in [-0.1, -0.05) is 6.07 Å². The monoisotopic (exact) mass is 398 g/mol. The number of hydrogen-bond acceptors (Lipinski definition) is 6. The maximum atomic E-state index is 12.5. The lowest BCUT2D eigenvalue weighted by Gasteiger charge is -2.07. The van der Waals surface area contributed by atoms with E-state index in [1.54, 1.807) is 24.2 Å². The summed E-state index contributed by atoms with van der Waals surface area (Å²) in [5.41, 5.74) is 2.43. The third-order valence-electron chi connectivity index (χ3n) is 4.29. The molecular weight excluding hydrogens is 372 g/mol. The van der Waals surface area contributed by atoms with Crippen LogP contribution in [0, 0.1) is 6.92 Å². The van der Waals surface area contributed by atoms with Gasteiger partial charge in [-0.2, -0.15) is 11.8 Å². The van der Waals surface area contributed by atoms with Gasteiger partial charge in [0.05, 0.1) is 12.3 Å². The van der Waals surface area contributed by atoms with Gasteiger partial charge in [0.1, 0.15) is 17.3 Å². The van der Waals surface area contributed by atoms with E-state index in [0.29, 0.717) is 12.0 Å². The second kappa shape index (κ2) is 9.71. The number of aromatic nitrogens is 3. The van der Waals surface area contributed by atoms with E-state index in [2.05, 4.69) is 19.9 Å². The van der Waals surface area contributed by atoms with Gasteiger partial charge < -0.3 is 14.3 Å². The number of nitrogens with zero attached hydrogens (tertiary/aromatic N) is 3. The van der Waals surface area contributed by atoms with Crippen molar-refractivity contribution in [3.63, 3.8) is 0 Å². The van der Waals surface area contributed by atoms with Crippen LogP contribution in [0.4, 0.5) is 0 Å². The predicted octanol–water partition coefficient (Wildman–Crippen LogP) is 3.19. The topological polar surface area (TPSA) is 75.0 Å². The van der Waals surface area contributed by atoms with Gasteiger partial charge in [0.2, 0.25) is 0 Å². The number of pyridine rings is 1. The molecule has 3 rings (SSSR count). The Bertz CT molecular complexity index is 951. The van der Waals surface area contributed by atoms with E-state index in [4.69, 9.17) is 4.42 Å². The molecule has 3 aromatic heterocycles. The largest absolute Gasteiger partial charge is 0.464 e. The molecule has 6 nitrogen and oxygen atoms in total. The summed E-state index contributed by atoms with van der Waals surface area (Å²) in [5.74, 6) is 4.37. The van der Waals surface area contributed by atoms with Gasteiger partial charge in [-0.25, -0.2) is 4.98 Å². The molecule has 0 aromatic carbocycles. The molecule has 0 aliphatic carbocycles.